The third-order valence-corrected chi connectivity index (χ3v) is 3.23. The third-order valence-electron chi connectivity index (χ3n) is 3.23. The first-order valence-electron chi connectivity index (χ1n) is 6.40. The summed E-state index contributed by atoms with van der Waals surface area (Å²) in [6.45, 7) is 3.26. The minimum Gasteiger partial charge on any atom is -0.338 e. The Morgan fingerprint density at radius 2 is 1.96 bits per heavy atom. The van der Waals surface area contributed by atoms with Crippen LogP contribution in [0.25, 0.3) is 11.6 Å². The average Bonchev–Trinajstić information content (AvgIpc) is 3.17. The number of tetrazole rings is 1. The van der Waals surface area contributed by atoms with E-state index in [9.17, 15) is 13.2 Å². The fourth-order valence-electron chi connectivity index (χ4n) is 1.88. The van der Waals surface area contributed by atoms with Crippen LogP contribution in [0.5, 0.6) is 0 Å². The van der Waals surface area contributed by atoms with Crippen molar-refractivity contribution in [2.24, 2.45) is 0 Å². The molecule has 0 aliphatic heterocycles. The van der Waals surface area contributed by atoms with Gasteiger partial charge in [0.15, 0.2) is 0 Å². The van der Waals surface area contributed by atoms with Gasteiger partial charge < -0.3 is 4.52 Å². The predicted octanol–water partition coefficient (Wildman–Crippen LogP) is 1.99. The maximum absolute atomic E-state index is 12.8. The Morgan fingerprint density at radius 1 is 1.17 bits per heavy atom. The molecule has 0 spiro atoms. The molecule has 1 N–H and O–H groups in total. The second kappa shape index (κ2) is 5.11. The highest BCUT2D eigenvalue weighted by molar-refractivity contribution is 5.40. The van der Waals surface area contributed by atoms with Crippen LogP contribution in [0.1, 0.15) is 31.0 Å². The van der Waals surface area contributed by atoms with Gasteiger partial charge in [-0.3, -0.25) is 4.98 Å². The molecule has 3 aromatic rings. The Bertz CT molecular complexity index is 810. The molecular weight excluding hydrogens is 315 g/mol. The van der Waals surface area contributed by atoms with Crippen LogP contribution in [0.4, 0.5) is 13.2 Å². The van der Waals surface area contributed by atoms with Crippen LogP contribution in [0.3, 0.4) is 0 Å². The normalized spacial score (nSPS) is 12.6. The molecule has 3 rings (SSSR count). The van der Waals surface area contributed by atoms with Gasteiger partial charge in [-0.1, -0.05) is 5.16 Å². The smallest absolute Gasteiger partial charge is 0.338 e. The Balaban J connectivity index is 1.99. The number of pyridine rings is 1. The van der Waals surface area contributed by atoms with Gasteiger partial charge in [0.2, 0.25) is 17.5 Å². The summed E-state index contributed by atoms with van der Waals surface area (Å²) in [5.74, 6) is 0.283. The van der Waals surface area contributed by atoms with Crippen LogP contribution in [0, 0.1) is 0 Å². The minimum atomic E-state index is -4.46. The molecule has 120 valence electrons. The average molecular weight is 325 g/mol. The summed E-state index contributed by atoms with van der Waals surface area (Å²) in [6, 6.07) is 1.86. The van der Waals surface area contributed by atoms with Gasteiger partial charge in [0.1, 0.15) is 0 Å². The first-order chi connectivity index (χ1) is 10.8. The van der Waals surface area contributed by atoms with Crippen molar-refractivity contribution >= 4 is 0 Å². The SMILES string of the molecule is CC(C)(c1cc(C(F)(F)F)ccn1)c1nc(-c2nn[nH]n2)no1. The second-order valence-corrected chi connectivity index (χ2v) is 5.21. The zero-order valence-corrected chi connectivity index (χ0v) is 12.0. The largest absolute Gasteiger partial charge is 0.416 e. The lowest BCUT2D eigenvalue weighted by molar-refractivity contribution is -0.137. The number of aromatic nitrogens is 7. The lowest BCUT2D eigenvalue weighted by Gasteiger charge is -2.20. The summed E-state index contributed by atoms with van der Waals surface area (Å²) < 4.78 is 43.7. The van der Waals surface area contributed by atoms with Gasteiger partial charge in [0.25, 0.3) is 0 Å². The monoisotopic (exact) mass is 325 g/mol. The van der Waals surface area contributed by atoms with Crippen LogP contribution >= 0.6 is 0 Å². The summed E-state index contributed by atoms with van der Waals surface area (Å²) in [4.78, 5) is 8.10. The highest BCUT2D eigenvalue weighted by Crippen LogP contribution is 2.34. The van der Waals surface area contributed by atoms with Crippen molar-refractivity contribution in [2.45, 2.75) is 25.4 Å². The lowest BCUT2D eigenvalue weighted by Crippen LogP contribution is -2.22. The molecule has 8 nitrogen and oxygen atoms in total. The van der Waals surface area contributed by atoms with E-state index in [-0.39, 0.29) is 23.2 Å². The molecule has 0 radical (unpaired) electrons. The molecule has 11 heteroatoms. The van der Waals surface area contributed by atoms with Gasteiger partial charge in [-0.05, 0) is 31.2 Å². The maximum atomic E-state index is 12.8. The fraction of sp³-hybridized carbons (Fsp3) is 0.333. The van der Waals surface area contributed by atoms with E-state index in [2.05, 4.69) is 35.7 Å². The van der Waals surface area contributed by atoms with Crippen LogP contribution in [-0.4, -0.2) is 35.7 Å². The van der Waals surface area contributed by atoms with Crippen molar-refractivity contribution in [3.63, 3.8) is 0 Å². The van der Waals surface area contributed by atoms with Gasteiger partial charge >= 0.3 is 6.18 Å². The molecule has 0 unspecified atom stereocenters. The molecule has 0 amide bonds. The van der Waals surface area contributed by atoms with E-state index in [4.69, 9.17) is 4.52 Å². The standard InChI is InChI=1S/C12H10F3N7O/c1-11(2,7-5-6(3-4-16-7)12(13,14)15)10-17-8(20-23-10)9-18-21-22-19-9/h3-5H,1-2H3,(H,18,19,21,22). The van der Waals surface area contributed by atoms with E-state index in [0.29, 0.717) is 0 Å². The number of hydrogen-bond donors (Lipinski definition) is 1. The van der Waals surface area contributed by atoms with E-state index >= 15 is 0 Å². The zero-order chi connectivity index (χ0) is 16.7. The number of H-pyrrole nitrogens is 1. The Hall–Kier alpha value is -2.85. The number of nitrogens with zero attached hydrogens (tertiary/aromatic N) is 6. The molecule has 0 aromatic carbocycles. The fourth-order valence-corrected chi connectivity index (χ4v) is 1.88. The van der Waals surface area contributed by atoms with Crippen LogP contribution in [0.2, 0.25) is 0 Å². The summed E-state index contributed by atoms with van der Waals surface area (Å²) in [5, 5.41) is 16.7. The van der Waals surface area contributed by atoms with Crippen LogP contribution in [-0.2, 0) is 11.6 Å². The highest BCUT2D eigenvalue weighted by Gasteiger charge is 2.36. The zero-order valence-electron chi connectivity index (χ0n) is 12.0. The maximum Gasteiger partial charge on any atom is 0.416 e. The number of alkyl halides is 3. The molecule has 0 fully saturated rings. The van der Waals surface area contributed by atoms with Crippen molar-refractivity contribution in [2.75, 3.05) is 0 Å². The summed E-state index contributed by atoms with van der Waals surface area (Å²) in [7, 11) is 0. The number of aromatic amines is 1. The van der Waals surface area contributed by atoms with Crippen molar-refractivity contribution in [1.29, 1.82) is 0 Å². The number of rotatable bonds is 3. The molecular formula is C12H10F3N7O. The molecule has 0 atom stereocenters. The Morgan fingerprint density at radius 3 is 2.61 bits per heavy atom. The Kier molecular flexibility index (Phi) is 3.34. The number of halogens is 3. The summed E-state index contributed by atoms with van der Waals surface area (Å²) >= 11 is 0. The third kappa shape index (κ3) is 2.76. The van der Waals surface area contributed by atoms with Gasteiger partial charge in [-0.15, -0.1) is 10.2 Å². The van der Waals surface area contributed by atoms with Crippen LogP contribution in [0.15, 0.2) is 22.9 Å². The van der Waals surface area contributed by atoms with E-state index < -0.39 is 17.2 Å². The predicted molar refractivity (Wildman–Crippen MR) is 68.8 cm³/mol. The number of nitrogens with one attached hydrogen (secondary N) is 1. The molecule has 0 saturated heterocycles. The van der Waals surface area contributed by atoms with Gasteiger partial charge in [0.05, 0.1) is 16.7 Å². The van der Waals surface area contributed by atoms with Gasteiger partial charge in [-0.25, -0.2) is 0 Å². The van der Waals surface area contributed by atoms with E-state index in [1.807, 2.05) is 0 Å². The first kappa shape index (κ1) is 15.1. The molecule has 0 aliphatic carbocycles. The van der Waals surface area contributed by atoms with Crippen molar-refractivity contribution in [1.82, 2.24) is 35.7 Å². The van der Waals surface area contributed by atoms with E-state index in [1.54, 1.807) is 13.8 Å². The van der Waals surface area contributed by atoms with Gasteiger partial charge in [0, 0.05) is 6.20 Å². The summed E-state index contributed by atoms with van der Waals surface area (Å²) in [5.41, 5.74) is -1.68. The first-order valence-corrected chi connectivity index (χ1v) is 6.40. The molecule has 23 heavy (non-hydrogen) atoms. The molecule has 0 saturated carbocycles. The van der Waals surface area contributed by atoms with E-state index in [1.165, 1.54) is 0 Å². The lowest BCUT2D eigenvalue weighted by atomic mass is 9.88. The van der Waals surface area contributed by atoms with Gasteiger partial charge in [-0.2, -0.15) is 23.4 Å². The second-order valence-electron chi connectivity index (χ2n) is 5.21. The molecule has 3 aromatic heterocycles. The van der Waals surface area contributed by atoms with Crippen LogP contribution < -0.4 is 0 Å². The van der Waals surface area contributed by atoms with E-state index in [0.717, 1.165) is 18.3 Å². The topological polar surface area (TPSA) is 106 Å². The Labute approximate surface area is 127 Å². The number of hydrogen-bond acceptors (Lipinski definition) is 7. The summed E-state index contributed by atoms with van der Waals surface area (Å²) in [6.07, 6.45) is -3.37. The minimum absolute atomic E-state index is 0.0776. The van der Waals surface area contributed by atoms with Crippen molar-refractivity contribution in [3.05, 3.63) is 35.5 Å². The van der Waals surface area contributed by atoms with Crippen molar-refractivity contribution in [3.8, 4) is 11.6 Å². The molecule has 0 bridgehead atoms. The molecule has 0 aliphatic rings. The molecule has 3 heterocycles. The highest BCUT2D eigenvalue weighted by atomic mass is 19.4. The quantitative estimate of drug-likeness (QED) is 0.784. The van der Waals surface area contributed by atoms with Crippen molar-refractivity contribution < 1.29 is 17.7 Å².